The van der Waals surface area contributed by atoms with E-state index in [1.165, 1.54) is 6.07 Å². The van der Waals surface area contributed by atoms with Crippen molar-refractivity contribution in [3.63, 3.8) is 0 Å². The molecule has 0 unspecified atom stereocenters. The van der Waals surface area contributed by atoms with Crippen LogP contribution in [0.25, 0.3) is 11.1 Å². The third-order valence-electron chi connectivity index (χ3n) is 4.11. The molecule has 2 aromatic carbocycles. The molecule has 24 heavy (non-hydrogen) atoms. The van der Waals surface area contributed by atoms with Crippen LogP contribution in [0.1, 0.15) is 11.1 Å². The number of aromatic nitrogens is 1. The lowest BCUT2D eigenvalue weighted by molar-refractivity contribution is 0.625. The van der Waals surface area contributed by atoms with Crippen molar-refractivity contribution in [2.24, 2.45) is 4.99 Å². The van der Waals surface area contributed by atoms with E-state index in [1.54, 1.807) is 24.5 Å². The second-order valence-corrected chi connectivity index (χ2v) is 5.63. The fraction of sp³-hybridized carbons (Fsp3) is 0.100. The van der Waals surface area contributed by atoms with Crippen LogP contribution in [0.4, 0.5) is 10.1 Å². The molecule has 118 valence electrons. The summed E-state index contributed by atoms with van der Waals surface area (Å²) in [4.78, 5) is 8.69. The van der Waals surface area contributed by atoms with Gasteiger partial charge in [0.1, 0.15) is 5.82 Å². The van der Waals surface area contributed by atoms with E-state index in [1.807, 2.05) is 24.3 Å². The lowest BCUT2D eigenvalue weighted by Crippen LogP contribution is -2.07. The van der Waals surface area contributed by atoms with Crippen LogP contribution in [0.2, 0.25) is 0 Å². The molecule has 0 aliphatic carbocycles. The number of anilines is 1. The van der Waals surface area contributed by atoms with Gasteiger partial charge in [-0.2, -0.15) is 0 Å². The predicted molar refractivity (Wildman–Crippen MR) is 95.1 cm³/mol. The summed E-state index contributed by atoms with van der Waals surface area (Å²) < 4.78 is 14.3. The highest BCUT2D eigenvalue weighted by atomic mass is 19.1. The number of hydrogen-bond acceptors (Lipinski definition) is 3. The maximum Gasteiger partial charge on any atom is 0.132 e. The monoisotopic (exact) mass is 317 g/mol. The Kier molecular flexibility index (Phi) is 3.79. The Balaban J connectivity index is 1.88. The minimum absolute atomic E-state index is 0.251. The zero-order chi connectivity index (χ0) is 16.4. The van der Waals surface area contributed by atoms with Gasteiger partial charge in [-0.05, 0) is 47.5 Å². The number of aliphatic imine (C=N–C) groups is 1. The molecule has 0 spiro atoms. The van der Waals surface area contributed by atoms with Crippen LogP contribution in [-0.4, -0.2) is 23.8 Å². The highest BCUT2D eigenvalue weighted by Crippen LogP contribution is 2.29. The molecule has 0 bridgehead atoms. The molecule has 0 radical (unpaired) electrons. The molecule has 4 heteroatoms. The molecule has 3 nitrogen and oxygen atoms in total. The number of nitrogens with zero attached hydrogens (tertiary/aromatic N) is 2. The number of halogens is 1. The molecule has 1 aliphatic rings. The van der Waals surface area contributed by atoms with Crippen molar-refractivity contribution in [2.75, 3.05) is 18.4 Å². The van der Waals surface area contributed by atoms with Gasteiger partial charge in [0, 0.05) is 35.8 Å². The minimum Gasteiger partial charge on any atom is -0.383 e. The molecule has 0 saturated carbocycles. The Morgan fingerprint density at radius 3 is 2.54 bits per heavy atom. The van der Waals surface area contributed by atoms with Crippen LogP contribution in [0.5, 0.6) is 0 Å². The van der Waals surface area contributed by atoms with Gasteiger partial charge >= 0.3 is 0 Å². The molecular weight excluding hydrogens is 301 g/mol. The fourth-order valence-corrected chi connectivity index (χ4v) is 2.95. The molecule has 1 aromatic heterocycles. The van der Waals surface area contributed by atoms with Crippen molar-refractivity contribution in [3.05, 3.63) is 83.9 Å². The maximum atomic E-state index is 14.3. The lowest BCUT2D eigenvalue weighted by Gasteiger charge is -2.13. The van der Waals surface area contributed by atoms with E-state index in [-0.39, 0.29) is 5.82 Å². The number of nitrogens with one attached hydrogen (secondary N) is 1. The Bertz CT molecular complexity index is 904. The molecule has 2 heterocycles. The molecule has 0 saturated heterocycles. The zero-order valence-electron chi connectivity index (χ0n) is 13.0. The summed E-state index contributed by atoms with van der Waals surface area (Å²) in [5, 5.41) is 3.37. The van der Waals surface area contributed by atoms with E-state index in [2.05, 4.69) is 27.4 Å². The average Bonchev–Trinajstić information content (AvgIpc) is 2.85. The highest BCUT2D eigenvalue weighted by Gasteiger charge is 2.18. The van der Waals surface area contributed by atoms with E-state index in [0.29, 0.717) is 17.8 Å². The summed E-state index contributed by atoms with van der Waals surface area (Å²) in [6.45, 7) is 1.35. The predicted octanol–water partition coefficient (Wildman–Crippen LogP) is 4.15. The number of pyridine rings is 1. The fourth-order valence-electron chi connectivity index (χ4n) is 2.95. The minimum atomic E-state index is -0.251. The van der Waals surface area contributed by atoms with Crippen molar-refractivity contribution < 1.29 is 4.39 Å². The van der Waals surface area contributed by atoms with Crippen LogP contribution < -0.4 is 5.32 Å². The van der Waals surface area contributed by atoms with Gasteiger partial charge in [-0.25, -0.2) is 4.39 Å². The summed E-state index contributed by atoms with van der Waals surface area (Å²) in [5.74, 6) is -0.251. The first-order valence-corrected chi connectivity index (χ1v) is 7.91. The highest BCUT2D eigenvalue weighted by molar-refractivity contribution is 6.16. The second-order valence-electron chi connectivity index (χ2n) is 5.63. The van der Waals surface area contributed by atoms with E-state index < -0.39 is 0 Å². The Morgan fingerprint density at radius 2 is 1.71 bits per heavy atom. The number of fused-ring (bicyclic) bond motifs is 1. The first-order chi connectivity index (χ1) is 11.8. The van der Waals surface area contributed by atoms with Gasteiger partial charge in [-0.15, -0.1) is 0 Å². The van der Waals surface area contributed by atoms with Crippen molar-refractivity contribution >= 4 is 11.4 Å². The van der Waals surface area contributed by atoms with Crippen molar-refractivity contribution in [2.45, 2.75) is 0 Å². The van der Waals surface area contributed by atoms with E-state index in [0.717, 1.165) is 28.9 Å². The quantitative estimate of drug-likeness (QED) is 0.771. The zero-order valence-corrected chi connectivity index (χ0v) is 13.0. The average molecular weight is 317 g/mol. The molecular formula is C20H16FN3. The smallest absolute Gasteiger partial charge is 0.132 e. The van der Waals surface area contributed by atoms with Gasteiger partial charge in [0.05, 0.1) is 12.3 Å². The number of benzene rings is 2. The normalized spacial score (nSPS) is 13.5. The number of hydrogen-bond donors (Lipinski definition) is 1. The second kappa shape index (κ2) is 6.24. The third kappa shape index (κ3) is 2.67. The molecule has 0 atom stereocenters. The summed E-state index contributed by atoms with van der Waals surface area (Å²) >= 11 is 0. The Labute approximate surface area is 139 Å². The Morgan fingerprint density at radius 1 is 0.875 bits per heavy atom. The van der Waals surface area contributed by atoms with Crippen molar-refractivity contribution in [3.8, 4) is 11.1 Å². The topological polar surface area (TPSA) is 37.3 Å². The first kappa shape index (κ1) is 14.6. The maximum absolute atomic E-state index is 14.3. The third-order valence-corrected chi connectivity index (χ3v) is 4.11. The van der Waals surface area contributed by atoms with Gasteiger partial charge in [0.15, 0.2) is 0 Å². The molecule has 4 rings (SSSR count). The number of benzodiazepines with no additional fused rings is 1. The van der Waals surface area contributed by atoms with E-state index in [9.17, 15) is 4.39 Å². The van der Waals surface area contributed by atoms with Gasteiger partial charge in [-0.3, -0.25) is 9.98 Å². The van der Waals surface area contributed by atoms with Gasteiger partial charge < -0.3 is 5.32 Å². The molecule has 3 aromatic rings. The SMILES string of the molecule is Fc1ccccc1C1=NCCNc2ccc(-c3ccncc3)cc21. The largest absolute Gasteiger partial charge is 0.383 e. The van der Waals surface area contributed by atoms with Gasteiger partial charge in [0.2, 0.25) is 0 Å². The van der Waals surface area contributed by atoms with Gasteiger partial charge in [-0.1, -0.05) is 18.2 Å². The van der Waals surface area contributed by atoms with Crippen LogP contribution in [0, 0.1) is 5.82 Å². The lowest BCUT2D eigenvalue weighted by atomic mass is 9.96. The van der Waals surface area contributed by atoms with Crippen LogP contribution in [-0.2, 0) is 0 Å². The molecule has 1 N–H and O–H groups in total. The van der Waals surface area contributed by atoms with Crippen LogP contribution in [0.15, 0.2) is 72.0 Å². The van der Waals surface area contributed by atoms with Crippen LogP contribution in [0.3, 0.4) is 0 Å². The summed E-state index contributed by atoms with van der Waals surface area (Å²) in [7, 11) is 0. The van der Waals surface area contributed by atoms with E-state index >= 15 is 0 Å². The standard InChI is InChI=1S/C20H16FN3/c21-18-4-2-1-3-16(18)20-17-13-15(14-7-9-22-10-8-14)5-6-19(17)23-11-12-24-20/h1-10,13,23H,11-12H2. The van der Waals surface area contributed by atoms with E-state index in [4.69, 9.17) is 0 Å². The summed E-state index contributed by atoms with van der Waals surface area (Å²) in [6, 6.07) is 16.9. The van der Waals surface area contributed by atoms with Crippen LogP contribution >= 0.6 is 0 Å². The van der Waals surface area contributed by atoms with Crippen molar-refractivity contribution in [1.82, 2.24) is 4.98 Å². The summed E-state index contributed by atoms with van der Waals surface area (Å²) in [5.41, 5.74) is 5.27. The van der Waals surface area contributed by atoms with Gasteiger partial charge in [0.25, 0.3) is 0 Å². The molecule has 0 fully saturated rings. The van der Waals surface area contributed by atoms with Crippen molar-refractivity contribution in [1.29, 1.82) is 0 Å². The first-order valence-electron chi connectivity index (χ1n) is 7.91. The Hall–Kier alpha value is -3.01. The molecule has 0 amide bonds. The molecule has 1 aliphatic heterocycles. The number of rotatable bonds is 2. The summed E-state index contributed by atoms with van der Waals surface area (Å²) in [6.07, 6.45) is 3.54.